The molecule has 0 fully saturated rings. The maximum absolute atomic E-state index is 5.35. The number of fused-ring (bicyclic) bond motifs is 19. The van der Waals surface area contributed by atoms with Crippen LogP contribution in [0.15, 0.2) is 413 Å². The highest BCUT2D eigenvalue weighted by atomic mass is 14.8. The molecule has 0 saturated carbocycles. The molecule has 6 heterocycles. The van der Waals surface area contributed by atoms with Crippen molar-refractivity contribution in [3.63, 3.8) is 0 Å². The molecule has 22 aromatic rings. The Hall–Kier alpha value is -15.8. The molecule has 600 valence electrons. The van der Waals surface area contributed by atoms with Crippen LogP contribution < -0.4 is 0 Å². The van der Waals surface area contributed by atoms with Gasteiger partial charge in [-0.05, 0) is 221 Å². The number of hydrogen-bond acceptors (Lipinski definition) is 6. The summed E-state index contributed by atoms with van der Waals surface area (Å²) in [5.74, 6) is 0. The van der Waals surface area contributed by atoms with Crippen molar-refractivity contribution in [3.05, 3.63) is 447 Å². The number of aromatic nitrogens is 6. The van der Waals surface area contributed by atoms with Crippen molar-refractivity contribution < 1.29 is 0 Å². The highest BCUT2D eigenvalue weighted by Gasteiger charge is 2.43. The van der Waals surface area contributed by atoms with Gasteiger partial charge in [-0.3, -0.25) is 15.0 Å². The summed E-state index contributed by atoms with van der Waals surface area (Å²) < 4.78 is 0. The molecule has 0 amide bonds. The Bertz CT molecular complexity index is 7880. The molecule has 0 atom stereocenters. The van der Waals surface area contributed by atoms with E-state index in [2.05, 4.69) is 422 Å². The molecule has 0 unspecified atom stereocenters. The molecule has 0 N–H and O–H groups in total. The Kier molecular flexibility index (Phi) is 18.2. The Labute approximate surface area is 739 Å². The maximum Gasteiger partial charge on any atom is 0.0759 e. The van der Waals surface area contributed by atoms with Crippen molar-refractivity contribution in [1.82, 2.24) is 29.9 Å². The second-order valence-corrected chi connectivity index (χ2v) is 35.6. The van der Waals surface area contributed by atoms with Crippen LogP contribution in [0.1, 0.15) is 74.9 Å². The molecule has 3 aliphatic rings. The molecule has 6 heteroatoms. The molecular formula is C121H86N6. The Balaban J connectivity index is 0.000000109. The van der Waals surface area contributed by atoms with Crippen molar-refractivity contribution >= 4 is 75.9 Å². The largest absolute Gasteiger partial charge is 0.265 e. The van der Waals surface area contributed by atoms with Crippen LogP contribution in [-0.2, 0) is 16.2 Å². The van der Waals surface area contributed by atoms with Gasteiger partial charge in [0.2, 0.25) is 0 Å². The number of pyridine rings is 6. The van der Waals surface area contributed by atoms with Crippen LogP contribution in [0.4, 0.5) is 0 Å². The highest BCUT2D eigenvalue weighted by molar-refractivity contribution is 6.19. The van der Waals surface area contributed by atoms with E-state index in [0.717, 1.165) is 55.7 Å². The van der Waals surface area contributed by atoms with Crippen molar-refractivity contribution in [2.24, 2.45) is 0 Å². The maximum atomic E-state index is 5.35. The first-order chi connectivity index (χ1) is 62.2. The summed E-state index contributed by atoms with van der Waals surface area (Å²) in [6.45, 7) is 14.1. The highest BCUT2D eigenvalue weighted by Crippen LogP contribution is 2.58. The fraction of sp³-hybridized carbons (Fsp3) is 0.0744. The van der Waals surface area contributed by atoms with E-state index in [1.54, 1.807) is 0 Å². The van der Waals surface area contributed by atoms with Gasteiger partial charge in [0.05, 0.1) is 39.1 Å². The van der Waals surface area contributed by atoms with E-state index in [-0.39, 0.29) is 16.2 Å². The molecule has 0 radical (unpaired) electrons. The smallest absolute Gasteiger partial charge is 0.0759 e. The topological polar surface area (TPSA) is 77.3 Å². The molecule has 0 bridgehead atoms. The van der Waals surface area contributed by atoms with E-state index in [9.17, 15) is 0 Å². The first kappa shape index (κ1) is 76.2. The first-order valence-electron chi connectivity index (χ1n) is 43.9. The minimum Gasteiger partial charge on any atom is -0.265 e. The summed E-state index contributed by atoms with van der Waals surface area (Å²) in [6.07, 6.45) is 9.40. The molecule has 0 aliphatic heterocycles. The number of hydrogen-bond donors (Lipinski definition) is 0. The fourth-order valence-corrected chi connectivity index (χ4v) is 20.9. The normalized spacial score (nSPS) is 13.3. The van der Waals surface area contributed by atoms with Gasteiger partial charge in [0.15, 0.2) is 0 Å². The Morgan fingerprint density at radius 1 is 0.197 bits per heavy atom. The lowest BCUT2D eigenvalue weighted by molar-refractivity contribution is 0.661. The minimum absolute atomic E-state index is 0.170. The molecule has 16 aromatic carbocycles. The van der Waals surface area contributed by atoms with Crippen LogP contribution in [0.3, 0.4) is 0 Å². The average Bonchev–Trinajstić information content (AvgIpc) is 1.59. The van der Waals surface area contributed by atoms with Crippen LogP contribution in [0.2, 0.25) is 0 Å². The van der Waals surface area contributed by atoms with E-state index >= 15 is 0 Å². The first-order valence-corrected chi connectivity index (χ1v) is 43.9. The van der Waals surface area contributed by atoms with Crippen LogP contribution in [-0.4, -0.2) is 29.9 Å². The summed E-state index contributed by atoms with van der Waals surface area (Å²) in [5.41, 5.74) is 40.3. The van der Waals surface area contributed by atoms with E-state index < -0.39 is 0 Å². The predicted molar refractivity (Wildman–Crippen MR) is 530 cm³/mol. The van der Waals surface area contributed by atoms with Gasteiger partial charge < -0.3 is 0 Å². The third-order valence-corrected chi connectivity index (χ3v) is 27.1. The van der Waals surface area contributed by atoms with Crippen LogP contribution >= 0.6 is 0 Å². The third-order valence-electron chi connectivity index (χ3n) is 27.1. The van der Waals surface area contributed by atoms with Crippen LogP contribution in [0.5, 0.6) is 0 Å². The monoisotopic (exact) mass is 1620 g/mol. The SMILES string of the molecule is CC1(C)c2ccccc2-c2nc3ccc4ccccc4c3c(-c3ccc(-c4cccc(-c5cccnc5)c4)cc3)c21.CC1(C)c2ccccc2-c2nc3ccc4ccccc4c3c(-c3ccc(-c4cccc(-c5ccncc5)c4)cc3)c21.CC1(C)c2ccccc2-c2nc3ccc4ccccc4c3c(-c3ccc(-c4cccc(-c5cnc6ccccc6c5)c4)cc3)c21. The lowest BCUT2D eigenvalue weighted by Gasteiger charge is -2.25. The molecule has 127 heavy (non-hydrogen) atoms. The zero-order chi connectivity index (χ0) is 85.2. The number of nitrogens with zero attached hydrogens (tertiary/aromatic N) is 6. The van der Waals surface area contributed by atoms with E-state index in [4.69, 9.17) is 19.9 Å². The van der Waals surface area contributed by atoms with E-state index in [1.807, 2.05) is 43.1 Å². The standard InChI is InChI=1S/C43H30N2.2C39H28N2/c1-43(2)36-16-7-6-15-35(36)42-41(43)39(40-34-14-5-3-10-28(34)22-23-38(40)45-42)29-20-18-27(19-21-29)30-12-9-13-31(24-30)33-25-32-11-4-8-17-37(32)44-26-33;1-39(2)33-15-6-5-14-32(33)38-37(39)35(36-31-13-4-3-9-26(31)20-21-34(36)41-38)27-18-16-25(17-19-27)28-10-7-11-29(23-28)30-12-8-22-40-24-30;1-39(2)33-13-6-5-12-32(33)38-37(39)35(36-31-11-4-3-8-27(31)18-19-34(36)41-38)28-16-14-25(15-17-28)29-9-7-10-30(24-29)26-20-22-40-23-21-26/h3-26H,1-2H3;2*3-24H,1-2H3. The van der Waals surface area contributed by atoms with Crippen LogP contribution in [0, 0.1) is 0 Å². The van der Waals surface area contributed by atoms with E-state index in [1.165, 1.54) is 188 Å². The number of benzene rings is 16. The van der Waals surface area contributed by atoms with Gasteiger partial charge in [0, 0.05) is 96.6 Å². The number of para-hydroxylation sites is 1. The Morgan fingerprint density at radius 2 is 0.512 bits per heavy atom. The second-order valence-electron chi connectivity index (χ2n) is 35.6. The van der Waals surface area contributed by atoms with Crippen molar-refractivity contribution in [3.8, 4) is 134 Å². The van der Waals surface area contributed by atoms with Gasteiger partial charge in [-0.1, -0.05) is 357 Å². The van der Waals surface area contributed by atoms with Crippen LogP contribution in [0.25, 0.3) is 210 Å². The van der Waals surface area contributed by atoms with Crippen molar-refractivity contribution in [2.45, 2.75) is 57.8 Å². The molecule has 0 spiro atoms. The number of rotatable bonds is 9. The molecular weight excluding hydrogens is 1540 g/mol. The summed E-state index contributed by atoms with van der Waals surface area (Å²) in [7, 11) is 0. The minimum atomic E-state index is -0.180. The average molecular weight is 1620 g/mol. The Morgan fingerprint density at radius 3 is 0.890 bits per heavy atom. The molecule has 0 saturated heterocycles. The predicted octanol–water partition coefficient (Wildman–Crippen LogP) is 31.4. The summed E-state index contributed by atoms with van der Waals surface area (Å²) in [5, 5.41) is 12.3. The van der Waals surface area contributed by atoms with Gasteiger partial charge in [-0.25, -0.2) is 15.0 Å². The zero-order valence-corrected chi connectivity index (χ0v) is 71.4. The van der Waals surface area contributed by atoms with Gasteiger partial charge >= 0.3 is 0 Å². The molecule has 25 rings (SSSR count). The molecule has 3 aliphatic carbocycles. The summed E-state index contributed by atoms with van der Waals surface area (Å²) >= 11 is 0. The van der Waals surface area contributed by atoms with Crippen molar-refractivity contribution in [2.75, 3.05) is 0 Å². The van der Waals surface area contributed by atoms with Gasteiger partial charge in [0.1, 0.15) is 0 Å². The quantitative estimate of drug-likeness (QED) is 0.134. The van der Waals surface area contributed by atoms with Gasteiger partial charge in [-0.15, -0.1) is 0 Å². The lowest BCUT2D eigenvalue weighted by atomic mass is 9.78. The summed E-state index contributed by atoms with van der Waals surface area (Å²) in [4.78, 5) is 29.2. The summed E-state index contributed by atoms with van der Waals surface area (Å²) in [6, 6.07) is 138. The molecule has 6 aromatic heterocycles. The van der Waals surface area contributed by atoms with Gasteiger partial charge in [0.25, 0.3) is 0 Å². The van der Waals surface area contributed by atoms with Crippen molar-refractivity contribution in [1.29, 1.82) is 0 Å². The zero-order valence-electron chi connectivity index (χ0n) is 71.4. The fourth-order valence-electron chi connectivity index (χ4n) is 20.9. The van der Waals surface area contributed by atoms with Gasteiger partial charge in [-0.2, -0.15) is 0 Å². The lowest BCUT2D eigenvalue weighted by Crippen LogP contribution is -2.16. The second kappa shape index (κ2) is 30.3. The third kappa shape index (κ3) is 12.8. The molecule has 6 nitrogen and oxygen atoms in total. The van der Waals surface area contributed by atoms with E-state index in [0.29, 0.717) is 0 Å².